The van der Waals surface area contributed by atoms with Crippen LogP contribution in [-0.2, 0) is 21.4 Å². The second kappa shape index (κ2) is 6.85. The van der Waals surface area contributed by atoms with E-state index in [1.54, 1.807) is 36.4 Å². The van der Waals surface area contributed by atoms with E-state index in [1.807, 2.05) is 0 Å². The topological polar surface area (TPSA) is 79.6 Å². The number of anilines is 1. The van der Waals surface area contributed by atoms with Gasteiger partial charge >= 0.3 is 0 Å². The normalized spacial score (nSPS) is 11.2. The highest BCUT2D eigenvalue weighted by atomic mass is 35.5. The summed E-state index contributed by atoms with van der Waals surface area (Å²) in [6.07, 6.45) is 2.54. The molecule has 22 heavy (non-hydrogen) atoms. The van der Waals surface area contributed by atoms with Crippen LogP contribution in [0.3, 0.4) is 0 Å². The van der Waals surface area contributed by atoms with Crippen molar-refractivity contribution in [2.24, 2.45) is 0 Å². The third-order valence-corrected chi connectivity index (χ3v) is 4.23. The van der Waals surface area contributed by atoms with Gasteiger partial charge in [0.1, 0.15) is 12.3 Å². The van der Waals surface area contributed by atoms with Crippen LogP contribution < -0.4 is 9.62 Å². The highest BCUT2D eigenvalue weighted by Gasteiger charge is 2.20. The van der Waals surface area contributed by atoms with E-state index in [0.29, 0.717) is 16.5 Å². The fraction of sp³-hybridized carbons (Fsp3) is 0.214. The minimum Gasteiger partial charge on any atom is -0.467 e. The summed E-state index contributed by atoms with van der Waals surface area (Å²) in [6.45, 7) is -0.120. The van der Waals surface area contributed by atoms with Gasteiger partial charge in [0.15, 0.2) is 0 Å². The maximum absolute atomic E-state index is 12.0. The zero-order valence-electron chi connectivity index (χ0n) is 11.8. The summed E-state index contributed by atoms with van der Waals surface area (Å²) in [5.41, 5.74) is 0.375. The van der Waals surface area contributed by atoms with Crippen LogP contribution in [0, 0.1) is 0 Å². The average Bonchev–Trinajstić information content (AvgIpc) is 2.96. The molecule has 1 N–H and O–H groups in total. The SMILES string of the molecule is CS(=O)(=O)N(CC(=O)NCc1ccco1)c1ccc(Cl)cc1. The van der Waals surface area contributed by atoms with Gasteiger partial charge in [-0.25, -0.2) is 8.42 Å². The molecule has 1 heterocycles. The Labute approximate surface area is 133 Å². The maximum atomic E-state index is 12.0. The number of amides is 1. The van der Waals surface area contributed by atoms with Crippen molar-refractivity contribution in [2.45, 2.75) is 6.54 Å². The van der Waals surface area contributed by atoms with Crippen LogP contribution in [0.2, 0.25) is 5.02 Å². The number of halogens is 1. The fourth-order valence-corrected chi connectivity index (χ4v) is 2.77. The van der Waals surface area contributed by atoms with Gasteiger partial charge in [-0.1, -0.05) is 11.6 Å². The molecule has 0 fully saturated rings. The molecule has 1 aromatic heterocycles. The van der Waals surface area contributed by atoms with Crippen LogP contribution in [-0.4, -0.2) is 27.1 Å². The predicted octanol–water partition coefficient (Wildman–Crippen LogP) is 2.02. The van der Waals surface area contributed by atoms with Gasteiger partial charge in [0.25, 0.3) is 0 Å². The van der Waals surface area contributed by atoms with Gasteiger partial charge in [-0.2, -0.15) is 0 Å². The summed E-state index contributed by atoms with van der Waals surface area (Å²) in [6, 6.07) is 9.64. The van der Waals surface area contributed by atoms with E-state index in [9.17, 15) is 13.2 Å². The second-order valence-electron chi connectivity index (χ2n) is 4.60. The molecule has 0 spiro atoms. The highest BCUT2D eigenvalue weighted by molar-refractivity contribution is 7.92. The van der Waals surface area contributed by atoms with Crippen LogP contribution in [0.4, 0.5) is 5.69 Å². The molecule has 0 atom stereocenters. The zero-order chi connectivity index (χ0) is 16.2. The number of hydrogen-bond donors (Lipinski definition) is 1. The Hall–Kier alpha value is -1.99. The van der Waals surface area contributed by atoms with Crippen molar-refractivity contribution < 1.29 is 17.6 Å². The summed E-state index contributed by atoms with van der Waals surface area (Å²) in [4.78, 5) is 12.0. The number of furan rings is 1. The van der Waals surface area contributed by atoms with Crippen LogP contribution in [0.5, 0.6) is 0 Å². The Bertz CT molecular complexity index is 727. The fourth-order valence-electron chi connectivity index (χ4n) is 1.79. The largest absolute Gasteiger partial charge is 0.467 e. The predicted molar refractivity (Wildman–Crippen MR) is 84.2 cm³/mol. The summed E-state index contributed by atoms with van der Waals surface area (Å²) in [7, 11) is -3.59. The first-order valence-corrected chi connectivity index (χ1v) is 8.61. The van der Waals surface area contributed by atoms with E-state index >= 15 is 0 Å². The van der Waals surface area contributed by atoms with Crippen LogP contribution in [0.25, 0.3) is 0 Å². The Morgan fingerprint density at radius 1 is 1.27 bits per heavy atom. The molecule has 6 nitrogen and oxygen atoms in total. The molecule has 0 unspecified atom stereocenters. The molecule has 0 aliphatic rings. The average molecular weight is 343 g/mol. The smallest absolute Gasteiger partial charge is 0.241 e. The van der Waals surface area contributed by atoms with Gasteiger partial charge in [0, 0.05) is 5.02 Å². The van der Waals surface area contributed by atoms with E-state index in [4.69, 9.17) is 16.0 Å². The summed E-state index contributed by atoms with van der Waals surface area (Å²) in [5, 5.41) is 3.09. The molecule has 1 aromatic carbocycles. The lowest BCUT2D eigenvalue weighted by Gasteiger charge is -2.21. The van der Waals surface area contributed by atoms with E-state index < -0.39 is 15.9 Å². The van der Waals surface area contributed by atoms with Gasteiger partial charge in [-0.15, -0.1) is 0 Å². The van der Waals surface area contributed by atoms with Crippen molar-refractivity contribution in [2.75, 3.05) is 17.1 Å². The second-order valence-corrected chi connectivity index (χ2v) is 6.95. The van der Waals surface area contributed by atoms with Gasteiger partial charge in [0.2, 0.25) is 15.9 Å². The van der Waals surface area contributed by atoms with Crippen LogP contribution >= 0.6 is 11.6 Å². The van der Waals surface area contributed by atoms with E-state index in [1.165, 1.54) is 6.26 Å². The molecule has 118 valence electrons. The molecular weight excluding hydrogens is 328 g/mol. The van der Waals surface area contributed by atoms with Gasteiger partial charge in [-0.3, -0.25) is 9.10 Å². The molecular formula is C14H15ClN2O4S. The minimum atomic E-state index is -3.59. The number of carbonyl (C=O) groups is 1. The third-order valence-electron chi connectivity index (χ3n) is 2.84. The van der Waals surface area contributed by atoms with E-state index in [-0.39, 0.29) is 13.1 Å². The number of carbonyl (C=O) groups excluding carboxylic acids is 1. The Kier molecular flexibility index (Phi) is 5.10. The van der Waals surface area contributed by atoms with Crippen molar-refractivity contribution in [3.8, 4) is 0 Å². The first kappa shape index (κ1) is 16.4. The molecule has 0 radical (unpaired) electrons. The summed E-state index contributed by atoms with van der Waals surface area (Å²) in [5.74, 6) is 0.155. The maximum Gasteiger partial charge on any atom is 0.241 e. The molecule has 0 bridgehead atoms. The summed E-state index contributed by atoms with van der Waals surface area (Å²) < 4.78 is 29.9. The Balaban J connectivity index is 2.07. The number of nitrogens with zero attached hydrogens (tertiary/aromatic N) is 1. The Morgan fingerprint density at radius 2 is 1.95 bits per heavy atom. The van der Waals surface area contributed by atoms with Crippen molar-refractivity contribution in [1.29, 1.82) is 0 Å². The van der Waals surface area contributed by atoms with Crippen LogP contribution in [0.1, 0.15) is 5.76 Å². The Morgan fingerprint density at radius 3 is 2.50 bits per heavy atom. The van der Waals surface area contributed by atoms with E-state index in [2.05, 4.69) is 5.32 Å². The quantitative estimate of drug-likeness (QED) is 0.871. The molecule has 0 saturated heterocycles. The molecule has 0 aliphatic carbocycles. The number of rotatable bonds is 6. The van der Waals surface area contributed by atoms with E-state index in [0.717, 1.165) is 10.6 Å². The lowest BCUT2D eigenvalue weighted by atomic mass is 10.3. The first-order chi connectivity index (χ1) is 10.4. The summed E-state index contributed by atoms with van der Waals surface area (Å²) >= 11 is 5.79. The lowest BCUT2D eigenvalue weighted by Crippen LogP contribution is -2.40. The van der Waals surface area contributed by atoms with Crippen molar-refractivity contribution in [3.05, 3.63) is 53.4 Å². The number of hydrogen-bond acceptors (Lipinski definition) is 4. The molecule has 0 saturated carbocycles. The minimum absolute atomic E-state index is 0.198. The lowest BCUT2D eigenvalue weighted by molar-refractivity contribution is -0.119. The molecule has 2 rings (SSSR count). The number of benzene rings is 1. The van der Waals surface area contributed by atoms with Gasteiger partial charge in [0.05, 0.1) is 24.8 Å². The number of nitrogens with one attached hydrogen (secondary N) is 1. The highest BCUT2D eigenvalue weighted by Crippen LogP contribution is 2.20. The van der Waals surface area contributed by atoms with Crippen molar-refractivity contribution in [3.63, 3.8) is 0 Å². The van der Waals surface area contributed by atoms with Crippen molar-refractivity contribution >= 4 is 33.2 Å². The van der Waals surface area contributed by atoms with Crippen molar-refractivity contribution in [1.82, 2.24) is 5.32 Å². The third kappa shape index (κ3) is 4.51. The molecule has 0 aliphatic heterocycles. The number of sulfonamides is 1. The van der Waals surface area contributed by atoms with Gasteiger partial charge < -0.3 is 9.73 Å². The van der Waals surface area contributed by atoms with Crippen LogP contribution in [0.15, 0.2) is 47.1 Å². The zero-order valence-corrected chi connectivity index (χ0v) is 13.4. The monoisotopic (exact) mass is 342 g/mol. The molecule has 2 aromatic rings. The molecule has 8 heteroatoms. The molecule has 1 amide bonds. The first-order valence-electron chi connectivity index (χ1n) is 6.38. The standard InChI is InChI=1S/C14H15ClN2O4S/c1-22(19,20)17(12-6-4-11(15)5-7-12)10-14(18)16-9-13-3-2-8-21-13/h2-8H,9-10H2,1H3,(H,16,18). The van der Waals surface area contributed by atoms with Gasteiger partial charge in [-0.05, 0) is 36.4 Å².